The van der Waals surface area contributed by atoms with Crippen LogP contribution >= 0.6 is 0 Å². The van der Waals surface area contributed by atoms with Gasteiger partial charge in [-0.3, -0.25) is 0 Å². The van der Waals surface area contributed by atoms with E-state index < -0.39 is 24.2 Å². The molecule has 5 nitrogen and oxygen atoms in total. The Morgan fingerprint density at radius 2 is 1.70 bits per heavy atom. The zero-order valence-electron chi connectivity index (χ0n) is 4.74. The van der Waals surface area contributed by atoms with Crippen molar-refractivity contribution in [3.63, 3.8) is 0 Å². The summed E-state index contributed by atoms with van der Waals surface area (Å²) in [5.41, 5.74) is 4.50. The zero-order chi connectivity index (χ0) is 8.31. The summed E-state index contributed by atoms with van der Waals surface area (Å²) in [5, 5.41) is 19.3. The number of carboxylic acids is 2. The fourth-order valence-electron chi connectivity index (χ4n) is 0.266. The minimum atomic E-state index is -2.72. The molecule has 0 fully saturated rings. The monoisotopic (exact) mass is 149 g/mol. The van der Waals surface area contributed by atoms with Gasteiger partial charge in [-0.2, -0.15) is 0 Å². The summed E-state index contributed by atoms with van der Waals surface area (Å²) in [7, 11) is 0. The number of alkyl halides is 1. The largest absolute Gasteiger partial charge is 0.548 e. The summed E-state index contributed by atoms with van der Waals surface area (Å²) in [5.74, 6) is -4.12. The Hall–Kier alpha value is -1.17. The molecule has 0 radical (unpaired) electrons. The Kier molecular flexibility index (Phi) is 2.75. The molecule has 0 spiro atoms. The highest BCUT2D eigenvalue weighted by Crippen LogP contribution is 1.92. The maximum Gasteiger partial charge on any atom is 0.160 e. The molecule has 0 saturated carbocycles. The first-order valence-electron chi connectivity index (χ1n) is 2.28. The van der Waals surface area contributed by atoms with Gasteiger partial charge in [-0.15, -0.1) is 0 Å². The Labute approximate surface area is 55.3 Å². The molecule has 0 aliphatic heterocycles. The first-order valence-corrected chi connectivity index (χ1v) is 2.28. The minimum absolute atomic E-state index is 1.96. The van der Waals surface area contributed by atoms with Gasteiger partial charge in [-0.05, 0) is 0 Å². The average molecular weight is 149 g/mol. The topological polar surface area (TPSA) is 106 Å². The van der Waals surface area contributed by atoms with Crippen LogP contribution < -0.4 is 15.9 Å². The van der Waals surface area contributed by atoms with E-state index in [2.05, 4.69) is 5.73 Å². The number of carbonyl (C=O) groups excluding carboxylic acids is 2. The van der Waals surface area contributed by atoms with Gasteiger partial charge in [0.1, 0.15) is 0 Å². The number of hydrogen-bond acceptors (Lipinski definition) is 5. The van der Waals surface area contributed by atoms with Gasteiger partial charge in [0.15, 0.2) is 6.17 Å². The second-order valence-electron chi connectivity index (χ2n) is 1.57. The highest BCUT2D eigenvalue weighted by molar-refractivity contribution is 5.81. The predicted octanol–water partition coefficient (Wildman–Crippen LogP) is -3.85. The van der Waals surface area contributed by atoms with Crippen molar-refractivity contribution >= 4 is 11.9 Å². The number of hydrogen-bond donors (Lipinski definition) is 1. The summed E-state index contributed by atoms with van der Waals surface area (Å²) in [4.78, 5) is 19.3. The summed E-state index contributed by atoms with van der Waals surface area (Å²) >= 11 is 0. The van der Waals surface area contributed by atoms with E-state index in [1.165, 1.54) is 0 Å². The van der Waals surface area contributed by atoms with E-state index in [0.29, 0.717) is 0 Å². The smallest absolute Gasteiger partial charge is 0.160 e. The lowest BCUT2D eigenvalue weighted by Crippen LogP contribution is -2.53. The van der Waals surface area contributed by atoms with Crippen molar-refractivity contribution in [3.8, 4) is 0 Å². The van der Waals surface area contributed by atoms with Gasteiger partial charge >= 0.3 is 0 Å². The van der Waals surface area contributed by atoms with E-state index in [9.17, 15) is 24.2 Å². The van der Waals surface area contributed by atoms with Gasteiger partial charge in [-0.25, -0.2) is 4.39 Å². The van der Waals surface area contributed by atoms with Gasteiger partial charge in [0.05, 0.1) is 18.0 Å². The van der Waals surface area contributed by atoms with Gasteiger partial charge in [0, 0.05) is 0 Å². The minimum Gasteiger partial charge on any atom is -0.548 e. The Morgan fingerprint density at radius 3 is 1.80 bits per heavy atom. The van der Waals surface area contributed by atoms with Crippen molar-refractivity contribution in [3.05, 3.63) is 0 Å². The summed E-state index contributed by atoms with van der Waals surface area (Å²) in [6, 6.07) is -2.16. The van der Waals surface area contributed by atoms with Crippen LogP contribution in [0.25, 0.3) is 0 Å². The molecular formula is C4H4FNO4-2. The standard InChI is InChI=1S/C4H6FNO4/c5-1(3(7)8)2(6)4(9)10/h1-2H,6H2,(H,7,8)(H,9,10)/p-2. The van der Waals surface area contributed by atoms with Gasteiger partial charge in [-0.1, -0.05) is 0 Å². The molecular weight excluding hydrogens is 145 g/mol. The SMILES string of the molecule is NC(C(=O)[O-])C(F)C(=O)[O-]. The van der Waals surface area contributed by atoms with Crippen LogP contribution in [0.4, 0.5) is 4.39 Å². The van der Waals surface area contributed by atoms with Gasteiger partial charge in [0.2, 0.25) is 0 Å². The van der Waals surface area contributed by atoms with E-state index in [0.717, 1.165) is 0 Å². The zero-order valence-corrected chi connectivity index (χ0v) is 4.74. The normalized spacial score (nSPS) is 15.8. The van der Waals surface area contributed by atoms with Crippen molar-refractivity contribution in [2.24, 2.45) is 5.73 Å². The third kappa shape index (κ3) is 1.98. The first kappa shape index (κ1) is 8.83. The lowest BCUT2D eigenvalue weighted by atomic mass is 10.2. The van der Waals surface area contributed by atoms with Crippen molar-refractivity contribution < 1.29 is 24.2 Å². The van der Waals surface area contributed by atoms with E-state index in [4.69, 9.17) is 0 Å². The number of carbonyl (C=O) groups is 2. The van der Waals surface area contributed by atoms with Crippen LogP contribution in [0.15, 0.2) is 0 Å². The number of halogens is 1. The lowest BCUT2D eigenvalue weighted by Gasteiger charge is -2.17. The number of carboxylic acid groups (broad SMARTS) is 2. The fourth-order valence-corrected chi connectivity index (χ4v) is 0.266. The Morgan fingerprint density at radius 1 is 1.30 bits per heavy atom. The molecule has 58 valence electrons. The second kappa shape index (κ2) is 3.11. The molecule has 0 aliphatic carbocycles. The maximum absolute atomic E-state index is 12.0. The van der Waals surface area contributed by atoms with Crippen LogP contribution in [-0.4, -0.2) is 24.2 Å². The molecule has 2 N–H and O–H groups in total. The van der Waals surface area contributed by atoms with Crippen LogP contribution in [0.1, 0.15) is 0 Å². The van der Waals surface area contributed by atoms with Crippen LogP contribution in [0.5, 0.6) is 0 Å². The second-order valence-corrected chi connectivity index (χ2v) is 1.57. The molecule has 2 unspecified atom stereocenters. The Balaban J connectivity index is 4.07. The summed E-state index contributed by atoms with van der Waals surface area (Å²) in [6.45, 7) is 0. The predicted molar refractivity (Wildman–Crippen MR) is 22.9 cm³/mol. The number of rotatable bonds is 3. The molecule has 0 aliphatic rings. The van der Waals surface area contributed by atoms with E-state index in [-0.39, 0.29) is 0 Å². The molecule has 0 amide bonds. The molecule has 6 heteroatoms. The number of nitrogens with two attached hydrogens (primary N) is 1. The van der Waals surface area contributed by atoms with E-state index >= 15 is 0 Å². The van der Waals surface area contributed by atoms with Gasteiger partial charge in [0.25, 0.3) is 0 Å². The molecule has 0 aromatic rings. The quantitative estimate of drug-likeness (QED) is 0.442. The van der Waals surface area contributed by atoms with Crippen molar-refractivity contribution in [1.82, 2.24) is 0 Å². The van der Waals surface area contributed by atoms with Crippen molar-refractivity contribution in [2.45, 2.75) is 12.2 Å². The maximum atomic E-state index is 12.0. The molecule has 0 bridgehead atoms. The van der Waals surface area contributed by atoms with Crippen molar-refractivity contribution in [1.29, 1.82) is 0 Å². The molecule has 0 rings (SSSR count). The van der Waals surface area contributed by atoms with E-state index in [1.54, 1.807) is 0 Å². The number of aliphatic carboxylic acids is 2. The average Bonchev–Trinajstić information content (AvgIpc) is 1.84. The lowest BCUT2D eigenvalue weighted by molar-refractivity contribution is -0.322. The van der Waals surface area contributed by atoms with Gasteiger partial charge < -0.3 is 25.5 Å². The van der Waals surface area contributed by atoms with Crippen molar-refractivity contribution in [2.75, 3.05) is 0 Å². The first-order chi connectivity index (χ1) is 4.46. The highest BCUT2D eigenvalue weighted by atomic mass is 19.1. The van der Waals surface area contributed by atoms with Crippen LogP contribution in [0, 0.1) is 0 Å². The van der Waals surface area contributed by atoms with Crippen LogP contribution in [0.3, 0.4) is 0 Å². The fraction of sp³-hybridized carbons (Fsp3) is 0.500. The van der Waals surface area contributed by atoms with E-state index in [1.807, 2.05) is 0 Å². The molecule has 0 aromatic heterocycles. The van der Waals surface area contributed by atoms with Crippen LogP contribution in [-0.2, 0) is 9.59 Å². The molecule has 0 saturated heterocycles. The highest BCUT2D eigenvalue weighted by Gasteiger charge is 2.18. The Bertz CT molecular complexity index is 141. The summed E-state index contributed by atoms with van der Waals surface area (Å²) in [6.07, 6.45) is -2.72. The molecule has 10 heavy (non-hydrogen) atoms. The molecule has 2 atom stereocenters. The summed E-state index contributed by atoms with van der Waals surface area (Å²) < 4.78 is 12.0. The third-order valence-corrected chi connectivity index (χ3v) is 0.813. The third-order valence-electron chi connectivity index (χ3n) is 0.813. The molecule has 0 heterocycles. The van der Waals surface area contributed by atoms with Crippen LogP contribution in [0.2, 0.25) is 0 Å². The molecule has 0 aromatic carbocycles.